The van der Waals surface area contributed by atoms with Crippen LogP contribution in [0.25, 0.3) is 11.0 Å². The molecule has 0 saturated carbocycles. The summed E-state index contributed by atoms with van der Waals surface area (Å²) in [6.07, 6.45) is 0. The summed E-state index contributed by atoms with van der Waals surface area (Å²) < 4.78 is 23.2. The molecule has 0 atom stereocenters. The number of ether oxygens (including phenoxy) is 3. The minimum absolute atomic E-state index is 0.144. The van der Waals surface area contributed by atoms with Crippen LogP contribution in [0.2, 0.25) is 10.0 Å². The second-order valence-corrected chi connectivity index (χ2v) is 8.84. The van der Waals surface area contributed by atoms with Gasteiger partial charge in [-0.2, -0.15) is 0 Å². The third-order valence-corrected chi connectivity index (χ3v) is 6.42. The summed E-state index contributed by atoms with van der Waals surface area (Å²) in [5.41, 5.74) is 2.08. The Morgan fingerprint density at radius 2 is 1.85 bits per heavy atom. The van der Waals surface area contributed by atoms with E-state index in [1.165, 1.54) is 0 Å². The average molecular weight is 498 g/mol. The Balaban J connectivity index is 1.48. The molecule has 0 aliphatic carbocycles. The monoisotopic (exact) mass is 497 g/mol. The molecule has 0 fully saturated rings. The maximum absolute atomic E-state index is 13.3. The van der Waals surface area contributed by atoms with Gasteiger partial charge in [-0.1, -0.05) is 35.3 Å². The Labute approximate surface area is 206 Å². The van der Waals surface area contributed by atoms with Crippen molar-refractivity contribution < 1.29 is 18.6 Å². The van der Waals surface area contributed by atoms with Gasteiger partial charge in [0, 0.05) is 19.2 Å². The molecule has 0 radical (unpaired) electrons. The number of hydrogen-bond acceptors (Lipinski definition) is 6. The van der Waals surface area contributed by atoms with Gasteiger partial charge in [0.2, 0.25) is 11.2 Å². The van der Waals surface area contributed by atoms with Gasteiger partial charge in [-0.25, -0.2) is 0 Å². The molecule has 0 bridgehead atoms. The van der Waals surface area contributed by atoms with E-state index < -0.39 is 0 Å². The molecule has 1 aliphatic heterocycles. The number of fused-ring (bicyclic) bond motifs is 3. The van der Waals surface area contributed by atoms with E-state index in [9.17, 15) is 4.79 Å². The topological polar surface area (TPSA) is 61.1 Å². The zero-order valence-electron chi connectivity index (χ0n) is 18.6. The summed E-state index contributed by atoms with van der Waals surface area (Å²) in [5, 5.41) is 1.45. The standard InChI is InChI=1S/C26H21Cl2NO5/c1-15-25(34-18-5-3-4-17(11-18)31-2)24(30)19-7-9-23-20(26(19)33-15)13-29(14-32-23)12-16-6-8-21(27)22(28)10-16/h3-11H,12-14H2,1-2H3. The highest BCUT2D eigenvalue weighted by Crippen LogP contribution is 2.35. The van der Waals surface area contributed by atoms with Gasteiger partial charge in [-0.05, 0) is 48.9 Å². The second-order valence-electron chi connectivity index (χ2n) is 8.03. The largest absolute Gasteiger partial charge is 0.497 e. The molecule has 8 heteroatoms. The van der Waals surface area contributed by atoms with E-state index in [1.54, 1.807) is 56.5 Å². The van der Waals surface area contributed by atoms with E-state index in [-0.39, 0.29) is 11.2 Å². The molecular weight excluding hydrogens is 477 g/mol. The fourth-order valence-corrected chi connectivity index (χ4v) is 4.32. The van der Waals surface area contributed by atoms with Crippen LogP contribution in [0, 0.1) is 6.92 Å². The van der Waals surface area contributed by atoms with Gasteiger partial charge in [-0.3, -0.25) is 9.69 Å². The normalized spacial score (nSPS) is 13.4. The lowest BCUT2D eigenvalue weighted by molar-refractivity contribution is 0.0889. The fraction of sp³-hybridized carbons (Fsp3) is 0.192. The van der Waals surface area contributed by atoms with Gasteiger partial charge in [0.15, 0.2) is 0 Å². The van der Waals surface area contributed by atoms with Gasteiger partial charge >= 0.3 is 0 Å². The minimum atomic E-state index is -0.244. The van der Waals surface area contributed by atoms with Crippen molar-refractivity contribution in [3.63, 3.8) is 0 Å². The van der Waals surface area contributed by atoms with Crippen LogP contribution in [-0.4, -0.2) is 18.7 Å². The van der Waals surface area contributed by atoms with Gasteiger partial charge in [0.25, 0.3) is 0 Å². The molecule has 2 heterocycles. The Kier molecular flexibility index (Phi) is 6.13. The molecule has 5 rings (SSSR count). The average Bonchev–Trinajstić information content (AvgIpc) is 2.84. The first-order valence-corrected chi connectivity index (χ1v) is 11.4. The highest BCUT2D eigenvalue weighted by molar-refractivity contribution is 6.42. The predicted molar refractivity (Wildman–Crippen MR) is 131 cm³/mol. The predicted octanol–water partition coefficient (Wildman–Crippen LogP) is 6.56. The molecule has 0 N–H and O–H groups in total. The van der Waals surface area contributed by atoms with Crippen LogP contribution in [0.3, 0.4) is 0 Å². The molecule has 3 aromatic carbocycles. The van der Waals surface area contributed by atoms with Crippen molar-refractivity contribution in [1.82, 2.24) is 4.90 Å². The van der Waals surface area contributed by atoms with Gasteiger partial charge < -0.3 is 18.6 Å². The van der Waals surface area contributed by atoms with Crippen LogP contribution >= 0.6 is 23.2 Å². The maximum Gasteiger partial charge on any atom is 0.235 e. The van der Waals surface area contributed by atoms with Crippen LogP contribution in [0.5, 0.6) is 23.0 Å². The van der Waals surface area contributed by atoms with Crippen molar-refractivity contribution in [1.29, 1.82) is 0 Å². The van der Waals surface area contributed by atoms with Gasteiger partial charge in [0.05, 0.1) is 28.1 Å². The summed E-state index contributed by atoms with van der Waals surface area (Å²) in [4.78, 5) is 15.4. The fourth-order valence-electron chi connectivity index (χ4n) is 4.00. The number of methoxy groups -OCH3 is 1. The van der Waals surface area contributed by atoms with Crippen molar-refractivity contribution in [2.45, 2.75) is 20.0 Å². The minimum Gasteiger partial charge on any atom is -0.497 e. The first kappa shape index (κ1) is 22.6. The van der Waals surface area contributed by atoms with Gasteiger partial charge in [0.1, 0.15) is 35.3 Å². The summed E-state index contributed by atoms with van der Waals surface area (Å²) in [6.45, 7) is 3.27. The quantitative estimate of drug-likeness (QED) is 0.311. The van der Waals surface area contributed by atoms with Crippen molar-refractivity contribution in [3.05, 3.63) is 91.8 Å². The highest BCUT2D eigenvalue weighted by atomic mass is 35.5. The third-order valence-electron chi connectivity index (χ3n) is 5.68. The van der Waals surface area contributed by atoms with E-state index in [4.69, 9.17) is 41.8 Å². The first-order chi connectivity index (χ1) is 16.4. The van der Waals surface area contributed by atoms with Crippen LogP contribution in [-0.2, 0) is 13.1 Å². The van der Waals surface area contributed by atoms with Crippen molar-refractivity contribution >= 4 is 34.2 Å². The van der Waals surface area contributed by atoms with E-state index in [1.807, 2.05) is 12.1 Å². The Morgan fingerprint density at radius 3 is 2.65 bits per heavy atom. The Bertz CT molecular complexity index is 1450. The van der Waals surface area contributed by atoms with Crippen LogP contribution in [0.1, 0.15) is 16.9 Å². The molecule has 6 nitrogen and oxygen atoms in total. The van der Waals surface area contributed by atoms with Crippen LogP contribution < -0.4 is 19.6 Å². The lowest BCUT2D eigenvalue weighted by Crippen LogP contribution is -2.31. The molecule has 1 aromatic heterocycles. The summed E-state index contributed by atoms with van der Waals surface area (Å²) >= 11 is 12.2. The summed E-state index contributed by atoms with van der Waals surface area (Å²) in [7, 11) is 1.57. The van der Waals surface area contributed by atoms with Crippen LogP contribution in [0.15, 0.2) is 63.8 Å². The molecule has 0 saturated heterocycles. The second kappa shape index (κ2) is 9.22. The Hall–Kier alpha value is -3.19. The summed E-state index contributed by atoms with van der Waals surface area (Å²) in [5.74, 6) is 2.35. The highest BCUT2D eigenvalue weighted by Gasteiger charge is 2.24. The molecule has 4 aromatic rings. The summed E-state index contributed by atoms with van der Waals surface area (Å²) in [6, 6.07) is 16.1. The molecule has 0 amide bonds. The molecule has 0 spiro atoms. The number of nitrogens with zero attached hydrogens (tertiary/aromatic N) is 1. The van der Waals surface area contributed by atoms with E-state index >= 15 is 0 Å². The smallest absolute Gasteiger partial charge is 0.235 e. The number of halogens is 2. The number of rotatable bonds is 5. The van der Waals surface area contributed by atoms with E-state index in [2.05, 4.69) is 4.90 Å². The number of hydrogen-bond donors (Lipinski definition) is 0. The number of benzene rings is 3. The van der Waals surface area contributed by atoms with Crippen molar-refractivity contribution in [2.24, 2.45) is 0 Å². The molecular formula is C26H21Cl2NO5. The zero-order chi connectivity index (χ0) is 23.8. The first-order valence-electron chi connectivity index (χ1n) is 10.6. The lowest BCUT2D eigenvalue weighted by atomic mass is 10.1. The SMILES string of the molecule is COc1cccc(Oc2c(C)oc3c4c(ccc3c2=O)OCN(Cc2ccc(Cl)c(Cl)c2)C4)c1. The van der Waals surface area contributed by atoms with Crippen molar-refractivity contribution in [2.75, 3.05) is 13.8 Å². The zero-order valence-corrected chi connectivity index (χ0v) is 20.1. The van der Waals surface area contributed by atoms with E-state index in [0.717, 1.165) is 11.1 Å². The third kappa shape index (κ3) is 4.32. The Morgan fingerprint density at radius 1 is 1.03 bits per heavy atom. The lowest BCUT2D eigenvalue weighted by Gasteiger charge is -2.29. The van der Waals surface area contributed by atoms with Gasteiger partial charge in [-0.15, -0.1) is 0 Å². The molecule has 1 aliphatic rings. The molecule has 34 heavy (non-hydrogen) atoms. The van der Waals surface area contributed by atoms with Crippen molar-refractivity contribution in [3.8, 4) is 23.0 Å². The molecule has 0 unspecified atom stereocenters. The van der Waals surface area contributed by atoms with Crippen LogP contribution in [0.4, 0.5) is 0 Å². The maximum atomic E-state index is 13.3. The van der Waals surface area contributed by atoms with E-state index in [0.29, 0.717) is 63.8 Å². The number of aryl methyl sites for hydroxylation is 1. The molecule has 174 valence electrons.